The lowest BCUT2D eigenvalue weighted by Crippen LogP contribution is -2.35. The second kappa shape index (κ2) is 11.9. The molecule has 0 radical (unpaired) electrons. The lowest BCUT2D eigenvalue weighted by molar-refractivity contribution is -0.0188. The summed E-state index contributed by atoms with van der Waals surface area (Å²) in [6.45, 7) is 0. The van der Waals surface area contributed by atoms with E-state index >= 15 is 0 Å². The van der Waals surface area contributed by atoms with Gasteiger partial charge in [0.05, 0.1) is 55.3 Å². The summed E-state index contributed by atoms with van der Waals surface area (Å²) >= 11 is 0. The van der Waals surface area contributed by atoms with Crippen LogP contribution in [0.5, 0.6) is 46.0 Å². The van der Waals surface area contributed by atoms with Crippen molar-refractivity contribution in [3.8, 4) is 46.0 Å². The third kappa shape index (κ3) is 5.41. The van der Waals surface area contributed by atoms with Crippen molar-refractivity contribution in [3.63, 3.8) is 0 Å². The monoisotopic (exact) mass is 540 g/mol. The van der Waals surface area contributed by atoms with E-state index in [2.05, 4.69) is 0 Å². The second-order valence-electron chi connectivity index (χ2n) is 8.52. The number of hydrogen-bond acceptors (Lipinski definition) is 10. The first-order valence-electron chi connectivity index (χ1n) is 12.1. The second-order valence-corrected chi connectivity index (χ2v) is 8.52. The fourth-order valence-electron chi connectivity index (χ4n) is 4.54. The summed E-state index contributed by atoms with van der Waals surface area (Å²) in [7, 11) is 10.7. The molecule has 10 nitrogen and oxygen atoms in total. The van der Waals surface area contributed by atoms with Crippen molar-refractivity contribution >= 4 is 5.97 Å². The van der Waals surface area contributed by atoms with Crippen molar-refractivity contribution in [2.75, 3.05) is 49.8 Å². The number of hydrogen-bond donors (Lipinski definition) is 0. The minimum absolute atomic E-state index is 0.225. The minimum atomic E-state index is -0.732. The molecule has 3 aromatic rings. The van der Waals surface area contributed by atoms with Gasteiger partial charge in [0, 0.05) is 29.7 Å². The number of carbonyl (C=O) groups excluding carboxylic acids is 1. The van der Waals surface area contributed by atoms with E-state index < -0.39 is 18.2 Å². The molecule has 0 spiro atoms. The van der Waals surface area contributed by atoms with Crippen molar-refractivity contribution in [1.82, 2.24) is 0 Å². The van der Waals surface area contributed by atoms with Crippen LogP contribution in [-0.2, 0) is 11.2 Å². The van der Waals surface area contributed by atoms with E-state index in [1.807, 2.05) is 6.07 Å². The van der Waals surface area contributed by atoms with E-state index in [9.17, 15) is 4.79 Å². The van der Waals surface area contributed by atoms with Gasteiger partial charge in [0.25, 0.3) is 0 Å². The maximum atomic E-state index is 13.5. The van der Waals surface area contributed by atoms with Gasteiger partial charge < -0.3 is 42.6 Å². The van der Waals surface area contributed by atoms with Crippen LogP contribution in [0.25, 0.3) is 0 Å². The van der Waals surface area contributed by atoms with E-state index in [1.54, 1.807) is 52.7 Å². The molecule has 1 heterocycles. The zero-order valence-electron chi connectivity index (χ0n) is 23.0. The predicted octanol–water partition coefficient (Wildman–Crippen LogP) is 4.65. The standard InChI is InChI=1S/C29H32O10/c1-31-18-13-21(33-3)19-15-26(39-29(30)17-11-24(35-5)28(37-7)25(12-17)36-6)27(38-22(19)14-18)16-8-9-20(32-2)23(10-16)34-4/h8-14,26-27H,15H2,1-7H3/t26-,27+/m0/s1. The van der Waals surface area contributed by atoms with E-state index in [4.69, 9.17) is 42.6 Å². The van der Waals surface area contributed by atoms with Crippen LogP contribution in [0.3, 0.4) is 0 Å². The zero-order chi connectivity index (χ0) is 28.1. The average Bonchev–Trinajstić information content (AvgIpc) is 2.98. The van der Waals surface area contributed by atoms with Crippen LogP contribution in [0.4, 0.5) is 0 Å². The highest BCUT2D eigenvalue weighted by atomic mass is 16.6. The number of fused-ring (bicyclic) bond motifs is 1. The molecule has 3 aromatic carbocycles. The Labute approximate surface area is 227 Å². The molecule has 0 N–H and O–H groups in total. The third-order valence-corrected chi connectivity index (χ3v) is 6.49. The molecular weight excluding hydrogens is 508 g/mol. The van der Waals surface area contributed by atoms with Gasteiger partial charge in [-0.1, -0.05) is 6.07 Å². The summed E-state index contributed by atoms with van der Waals surface area (Å²) in [5.41, 5.74) is 1.70. The van der Waals surface area contributed by atoms with E-state index in [1.165, 1.54) is 33.5 Å². The van der Waals surface area contributed by atoms with Gasteiger partial charge in [0.2, 0.25) is 5.75 Å². The summed E-state index contributed by atoms with van der Waals surface area (Å²) in [6, 6.07) is 12.0. The van der Waals surface area contributed by atoms with Crippen molar-refractivity contribution in [3.05, 3.63) is 59.2 Å². The molecule has 0 saturated carbocycles. The van der Waals surface area contributed by atoms with Crippen LogP contribution >= 0.6 is 0 Å². The molecule has 0 saturated heterocycles. The zero-order valence-corrected chi connectivity index (χ0v) is 23.0. The number of benzene rings is 3. The summed E-state index contributed by atoms with van der Waals surface area (Å²) in [4.78, 5) is 13.5. The molecule has 0 bridgehead atoms. The Balaban J connectivity index is 1.76. The van der Waals surface area contributed by atoms with Gasteiger partial charge >= 0.3 is 5.97 Å². The van der Waals surface area contributed by atoms with E-state index in [0.29, 0.717) is 52.4 Å². The Bertz CT molecular complexity index is 1310. The van der Waals surface area contributed by atoms with Crippen LogP contribution in [-0.4, -0.2) is 61.8 Å². The lowest BCUT2D eigenvalue weighted by atomic mass is 9.93. The first-order chi connectivity index (χ1) is 18.9. The molecule has 2 atom stereocenters. The number of methoxy groups -OCH3 is 7. The number of rotatable bonds is 10. The van der Waals surface area contributed by atoms with Crippen molar-refractivity contribution in [2.24, 2.45) is 0 Å². The van der Waals surface area contributed by atoms with Gasteiger partial charge in [-0.3, -0.25) is 0 Å². The highest BCUT2D eigenvalue weighted by Crippen LogP contribution is 2.45. The van der Waals surface area contributed by atoms with Crippen molar-refractivity contribution < 1.29 is 47.4 Å². The number of esters is 1. The molecule has 0 aliphatic carbocycles. The average molecular weight is 541 g/mol. The summed E-state index contributed by atoms with van der Waals surface area (Å²) < 4.78 is 50.6. The molecular formula is C29H32O10. The minimum Gasteiger partial charge on any atom is -0.496 e. The molecule has 0 fully saturated rings. The summed E-state index contributed by atoms with van der Waals surface area (Å²) in [5.74, 6) is 3.21. The Morgan fingerprint density at radius 1 is 0.692 bits per heavy atom. The maximum Gasteiger partial charge on any atom is 0.338 e. The SMILES string of the molecule is COc1cc(OC)c2c(c1)O[C@H](c1ccc(OC)c(OC)c1)[C@@H](OC(=O)c1cc(OC)c(OC)c(OC)c1)C2. The van der Waals surface area contributed by atoms with Crippen molar-refractivity contribution in [1.29, 1.82) is 0 Å². The van der Waals surface area contributed by atoms with Gasteiger partial charge in [0.1, 0.15) is 23.4 Å². The highest BCUT2D eigenvalue weighted by molar-refractivity contribution is 5.91. The van der Waals surface area contributed by atoms with Crippen molar-refractivity contribution in [2.45, 2.75) is 18.6 Å². The number of carbonyl (C=O) groups is 1. The van der Waals surface area contributed by atoms with Gasteiger partial charge in [0.15, 0.2) is 29.1 Å². The maximum absolute atomic E-state index is 13.5. The largest absolute Gasteiger partial charge is 0.496 e. The van der Waals surface area contributed by atoms with E-state index in [0.717, 1.165) is 11.1 Å². The molecule has 0 unspecified atom stereocenters. The van der Waals surface area contributed by atoms with Crippen LogP contribution in [0.15, 0.2) is 42.5 Å². The fraction of sp³-hybridized carbons (Fsp3) is 0.345. The summed E-state index contributed by atoms with van der Waals surface area (Å²) in [6.07, 6.45) is -1.10. The topological polar surface area (TPSA) is 100 Å². The summed E-state index contributed by atoms with van der Waals surface area (Å²) in [5, 5.41) is 0. The molecule has 4 rings (SSSR count). The smallest absolute Gasteiger partial charge is 0.338 e. The normalized spacial score (nSPS) is 15.8. The van der Waals surface area contributed by atoms with Gasteiger partial charge in [-0.15, -0.1) is 0 Å². The van der Waals surface area contributed by atoms with Gasteiger partial charge in [-0.05, 0) is 24.3 Å². The molecule has 39 heavy (non-hydrogen) atoms. The Hall–Kier alpha value is -4.47. The Morgan fingerprint density at radius 3 is 1.90 bits per heavy atom. The molecule has 1 aliphatic rings. The number of ether oxygens (including phenoxy) is 9. The van der Waals surface area contributed by atoms with E-state index in [-0.39, 0.29) is 5.56 Å². The molecule has 0 aromatic heterocycles. The predicted molar refractivity (Wildman–Crippen MR) is 141 cm³/mol. The first kappa shape index (κ1) is 27.6. The van der Waals surface area contributed by atoms with Crippen LogP contribution in [0, 0.1) is 0 Å². The Morgan fingerprint density at radius 2 is 1.33 bits per heavy atom. The van der Waals surface area contributed by atoms with Gasteiger partial charge in [-0.2, -0.15) is 0 Å². The molecule has 0 amide bonds. The van der Waals surface area contributed by atoms with Crippen LogP contribution in [0.1, 0.15) is 27.6 Å². The van der Waals surface area contributed by atoms with Gasteiger partial charge in [-0.25, -0.2) is 4.79 Å². The molecule has 208 valence electrons. The first-order valence-corrected chi connectivity index (χ1v) is 12.1. The highest BCUT2D eigenvalue weighted by Gasteiger charge is 2.37. The quantitative estimate of drug-likeness (QED) is 0.338. The van der Waals surface area contributed by atoms with Crippen LogP contribution < -0.4 is 37.9 Å². The lowest BCUT2D eigenvalue weighted by Gasteiger charge is -2.34. The van der Waals surface area contributed by atoms with Crippen LogP contribution in [0.2, 0.25) is 0 Å². The molecule has 10 heteroatoms. The fourth-order valence-corrected chi connectivity index (χ4v) is 4.54. The molecule has 1 aliphatic heterocycles. The third-order valence-electron chi connectivity index (χ3n) is 6.49. The Kier molecular flexibility index (Phi) is 8.43.